The molecule has 0 bridgehead atoms. The zero-order valence-electron chi connectivity index (χ0n) is 20.3. The average Bonchev–Trinajstić information content (AvgIpc) is 2.53. The molecule has 11 heteroatoms. The number of carboxylic acid groups (broad SMARTS) is 2. The van der Waals surface area contributed by atoms with Crippen molar-refractivity contribution in [3.8, 4) is 0 Å². The fourth-order valence-electron chi connectivity index (χ4n) is 1.81. The summed E-state index contributed by atoms with van der Waals surface area (Å²) in [7, 11) is 0. The van der Waals surface area contributed by atoms with Crippen LogP contribution in [0.3, 0.4) is 0 Å². The Bertz CT molecular complexity index is 612. The number of hydrogen-bond acceptors (Lipinski definition) is 10. The zero-order chi connectivity index (χ0) is 26.6. The van der Waals surface area contributed by atoms with Gasteiger partial charge in [0.05, 0.1) is 23.8 Å². The van der Waals surface area contributed by atoms with Crippen LogP contribution in [0.4, 0.5) is 0 Å². The predicted octanol–water partition coefficient (Wildman–Crippen LogP) is -1.62. The van der Waals surface area contributed by atoms with Crippen LogP contribution in [0.1, 0.15) is 68.2 Å². The molecule has 0 aromatic heterocycles. The largest absolute Gasteiger partial charge is 4.00 e. The second-order valence-corrected chi connectivity index (χ2v) is 6.51. The number of carbonyl (C=O) groups excluding carboxylic acids is 6. The van der Waals surface area contributed by atoms with Crippen molar-refractivity contribution in [2.45, 2.75) is 68.2 Å². The number of ketones is 4. The number of carboxylic acids is 2. The number of Topliss-reactive ketones (excluding diaryl/α,β-unsaturated/α-hetero) is 2. The molecule has 0 N–H and O–H groups in total. The number of carbonyl (C=O) groups is 6. The van der Waals surface area contributed by atoms with Crippen molar-refractivity contribution in [2.75, 3.05) is 0 Å². The number of rotatable bonds is 8. The van der Waals surface area contributed by atoms with Gasteiger partial charge in [-0.25, -0.2) is 0 Å². The molecule has 0 aliphatic carbocycles. The molecule has 0 aliphatic rings. The van der Waals surface area contributed by atoms with Gasteiger partial charge < -0.3 is 30.0 Å². The van der Waals surface area contributed by atoms with Gasteiger partial charge in [0.15, 0.2) is 11.6 Å². The van der Waals surface area contributed by atoms with Crippen LogP contribution in [0.5, 0.6) is 0 Å². The summed E-state index contributed by atoms with van der Waals surface area (Å²) in [5.41, 5.74) is 0. The van der Waals surface area contributed by atoms with Crippen LogP contribution in [-0.2, 0) is 55.0 Å². The van der Waals surface area contributed by atoms with E-state index in [1.165, 1.54) is 41.5 Å². The van der Waals surface area contributed by atoms with E-state index in [0.29, 0.717) is 12.8 Å². The Morgan fingerprint density at radius 2 is 0.788 bits per heavy atom. The summed E-state index contributed by atoms with van der Waals surface area (Å²) in [6.45, 7) is 11.2. The fraction of sp³-hybridized carbons (Fsp3) is 0.545. The molecule has 0 heterocycles. The van der Waals surface area contributed by atoms with Crippen molar-refractivity contribution in [1.82, 2.24) is 0 Å². The van der Waals surface area contributed by atoms with Crippen LogP contribution in [0.15, 0.2) is 23.7 Å². The molecule has 0 radical (unpaired) electrons. The van der Waals surface area contributed by atoms with E-state index < -0.39 is 23.8 Å². The summed E-state index contributed by atoms with van der Waals surface area (Å²) < 4.78 is 0. The normalized spacial score (nSPS) is 11.8. The van der Waals surface area contributed by atoms with Gasteiger partial charge in [-0.3, -0.25) is 19.2 Å². The van der Waals surface area contributed by atoms with E-state index in [9.17, 15) is 49.2 Å². The van der Waals surface area contributed by atoms with Crippen LogP contribution in [0.25, 0.3) is 0 Å². The first-order valence-corrected chi connectivity index (χ1v) is 9.58. The van der Waals surface area contributed by atoms with E-state index in [4.69, 9.17) is 0 Å². The quantitative estimate of drug-likeness (QED) is 0.193. The first kappa shape index (κ1) is 40.9. The van der Waals surface area contributed by atoms with E-state index in [2.05, 4.69) is 0 Å². The molecule has 33 heavy (non-hydrogen) atoms. The van der Waals surface area contributed by atoms with E-state index in [0.717, 1.165) is 12.2 Å². The van der Waals surface area contributed by atoms with Crippen molar-refractivity contribution in [3.63, 3.8) is 0 Å². The van der Waals surface area contributed by atoms with E-state index in [1.54, 1.807) is 13.8 Å². The van der Waals surface area contributed by atoms with Crippen molar-refractivity contribution in [3.05, 3.63) is 23.7 Å². The summed E-state index contributed by atoms with van der Waals surface area (Å²) in [4.78, 5) is 60.8. The molecule has 2 atom stereocenters. The van der Waals surface area contributed by atoms with Gasteiger partial charge >= 0.3 is 26.2 Å². The van der Waals surface area contributed by atoms with E-state index in [1.807, 2.05) is 0 Å². The molecule has 10 nitrogen and oxygen atoms in total. The molecule has 2 unspecified atom stereocenters. The summed E-state index contributed by atoms with van der Waals surface area (Å²) >= 11 is 0. The Kier molecular flexibility index (Phi) is 30.0. The van der Waals surface area contributed by atoms with Gasteiger partial charge in [-0.05, 0) is 52.7 Å². The SMILES string of the molecule is CC(=O)/C=C(/C)[O-].CC(=O)/C=C(/C)[O-].CCC(C(C)=O)C(=O)[O-].CCC(C(C)=O)C(=O)[O-].[Zr+4]. The molecular formula is C22H32O10Zr. The van der Waals surface area contributed by atoms with Gasteiger partial charge in [0.25, 0.3) is 0 Å². The van der Waals surface area contributed by atoms with Gasteiger partial charge in [0.2, 0.25) is 0 Å². The van der Waals surface area contributed by atoms with Gasteiger partial charge in [0.1, 0.15) is 11.6 Å². The molecular weight excluding hydrogens is 515 g/mol. The van der Waals surface area contributed by atoms with Crippen LogP contribution in [0, 0.1) is 11.8 Å². The summed E-state index contributed by atoms with van der Waals surface area (Å²) in [6, 6.07) is 0. The smallest absolute Gasteiger partial charge is 0.876 e. The number of allylic oxidation sites excluding steroid dienone is 4. The van der Waals surface area contributed by atoms with Crippen LogP contribution < -0.4 is 20.4 Å². The van der Waals surface area contributed by atoms with Gasteiger partial charge in [-0.2, -0.15) is 0 Å². The van der Waals surface area contributed by atoms with Crippen LogP contribution in [0.2, 0.25) is 0 Å². The Labute approximate surface area is 213 Å². The van der Waals surface area contributed by atoms with Crippen LogP contribution >= 0.6 is 0 Å². The second kappa shape index (κ2) is 24.2. The van der Waals surface area contributed by atoms with Crippen molar-refractivity contribution in [1.29, 1.82) is 0 Å². The zero-order valence-corrected chi connectivity index (χ0v) is 22.8. The first-order chi connectivity index (χ1) is 14.4. The second-order valence-electron chi connectivity index (χ2n) is 6.51. The van der Waals surface area contributed by atoms with Gasteiger partial charge in [-0.15, -0.1) is 11.5 Å². The van der Waals surface area contributed by atoms with Crippen molar-refractivity contribution in [2.24, 2.45) is 11.8 Å². The van der Waals surface area contributed by atoms with Crippen molar-refractivity contribution < 1.29 is 75.4 Å². The summed E-state index contributed by atoms with van der Waals surface area (Å²) in [5.74, 6) is -5.79. The number of hydrogen-bond donors (Lipinski definition) is 0. The van der Waals surface area contributed by atoms with Crippen LogP contribution in [-0.4, -0.2) is 35.1 Å². The summed E-state index contributed by atoms with van der Waals surface area (Å²) in [6.07, 6.45) is 2.75. The van der Waals surface area contributed by atoms with Gasteiger partial charge in [-0.1, -0.05) is 27.7 Å². The standard InChI is InChI=1S/2C6H10O3.2C5H8O2.Zr/c2*1-3-5(4(2)7)6(8)9;2*1-4(6)3-5(2)7;/h2*5H,3H2,1-2H3,(H,8,9);2*3,6H,1-2H3;/q;;;;+4/p-4/b;;2*4-3-;. The molecule has 0 saturated heterocycles. The molecule has 0 aromatic rings. The van der Waals surface area contributed by atoms with Crippen molar-refractivity contribution >= 4 is 35.1 Å². The molecule has 0 rings (SSSR count). The molecule has 0 fully saturated rings. The molecule has 0 spiro atoms. The third-order valence-corrected chi connectivity index (χ3v) is 3.18. The minimum atomic E-state index is -1.27. The monoisotopic (exact) mass is 546 g/mol. The Balaban J connectivity index is -0.000000105. The summed E-state index contributed by atoms with van der Waals surface area (Å²) in [5, 5.41) is 40.0. The predicted molar refractivity (Wildman–Crippen MR) is 108 cm³/mol. The Morgan fingerprint density at radius 1 is 0.576 bits per heavy atom. The van der Waals surface area contributed by atoms with E-state index in [-0.39, 0.29) is 60.9 Å². The van der Waals surface area contributed by atoms with E-state index >= 15 is 0 Å². The molecule has 184 valence electrons. The fourth-order valence-corrected chi connectivity index (χ4v) is 1.81. The maximum absolute atomic E-state index is 10.4. The minimum Gasteiger partial charge on any atom is -0.876 e. The molecule has 0 aromatic carbocycles. The number of aliphatic carboxylic acids is 2. The van der Waals surface area contributed by atoms with Gasteiger partial charge in [0, 0.05) is 0 Å². The Morgan fingerprint density at radius 3 is 0.788 bits per heavy atom. The third-order valence-electron chi connectivity index (χ3n) is 3.18. The minimum absolute atomic E-state index is 0. The Hall–Kier alpha value is -2.42. The maximum Gasteiger partial charge on any atom is 4.00 e. The maximum atomic E-state index is 10.4. The molecule has 0 amide bonds. The molecule has 0 aliphatic heterocycles. The topological polar surface area (TPSA) is 195 Å². The first-order valence-electron chi connectivity index (χ1n) is 9.58. The average molecular weight is 548 g/mol. The molecule has 0 saturated carbocycles. The third kappa shape index (κ3) is 34.4.